The predicted octanol–water partition coefficient (Wildman–Crippen LogP) is 5.67. The lowest BCUT2D eigenvalue weighted by atomic mass is 9.99. The third kappa shape index (κ3) is 3.99. The monoisotopic (exact) mass is 416 g/mol. The first-order valence-corrected chi connectivity index (χ1v) is 9.99. The first-order chi connectivity index (χ1) is 15.0. The largest absolute Gasteiger partial charge is 0.493 e. The minimum Gasteiger partial charge on any atom is -0.493 e. The minimum atomic E-state index is -0.409. The Balaban J connectivity index is 1.70. The van der Waals surface area contributed by atoms with Crippen LogP contribution in [0.5, 0.6) is 17.2 Å². The summed E-state index contributed by atoms with van der Waals surface area (Å²) in [6, 6.07) is 19.0. The molecule has 0 amide bonds. The van der Waals surface area contributed by atoms with Gasteiger partial charge in [-0.2, -0.15) is 0 Å². The molecule has 1 heterocycles. The maximum Gasteiger partial charge on any atom is 0.344 e. The standard InChI is InChI=1S/C26H24O5/c1-16-7-5-6-8-19(16)15-30-20-10-11-21-17(2)25(26(27)31-23(21)14-20)18-9-12-22(28-3)24(13-18)29-4/h5-14H,15H2,1-4H3. The van der Waals surface area contributed by atoms with Crippen molar-refractivity contribution in [3.8, 4) is 28.4 Å². The summed E-state index contributed by atoms with van der Waals surface area (Å²) < 4.78 is 22.3. The van der Waals surface area contributed by atoms with Crippen molar-refractivity contribution in [2.45, 2.75) is 20.5 Å². The van der Waals surface area contributed by atoms with Gasteiger partial charge in [0.2, 0.25) is 0 Å². The normalized spacial score (nSPS) is 10.8. The Morgan fingerprint density at radius 3 is 2.39 bits per heavy atom. The molecule has 4 rings (SSSR count). The second-order valence-electron chi connectivity index (χ2n) is 7.33. The summed E-state index contributed by atoms with van der Waals surface area (Å²) in [5.41, 5.74) is 4.42. The van der Waals surface area contributed by atoms with Crippen LogP contribution in [0.4, 0.5) is 0 Å². The highest BCUT2D eigenvalue weighted by Gasteiger charge is 2.16. The summed E-state index contributed by atoms with van der Waals surface area (Å²) in [4.78, 5) is 12.9. The van der Waals surface area contributed by atoms with E-state index in [9.17, 15) is 4.79 Å². The van der Waals surface area contributed by atoms with Crippen molar-refractivity contribution < 1.29 is 18.6 Å². The molecule has 0 radical (unpaired) electrons. The van der Waals surface area contributed by atoms with Crippen LogP contribution in [0.15, 0.2) is 69.9 Å². The lowest BCUT2D eigenvalue weighted by Crippen LogP contribution is -2.06. The van der Waals surface area contributed by atoms with Crippen molar-refractivity contribution in [1.29, 1.82) is 0 Å². The van der Waals surface area contributed by atoms with Gasteiger partial charge in [0.05, 0.1) is 19.8 Å². The summed E-state index contributed by atoms with van der Waals surface area (Å²) in [5.74, 6) is 1.81. The molecule has 0 unspecified atom stereocenters. The molecule has 31 heavy (non-hydrogen) atoms. The number of fused-ring (bicyclic) bond motifs is 1. The quantitative estimate of drug-likeness (QED) is 0.379. The van der Waals surface area contributed by atoms with Crippen molar-refractivity contribution in [2.75, 3.05) is 14.2 Å². The molecule has 0 spiro atoms. The molecule has 0 saturated carbocycles. The van der Waals surface area contributed by atoms with Crippen LogP contribution in [-0.4, -0.2) is 14.2 Å². The number of hydrogen-bond donors (Lipinski definition) is 0. The molecule has 1 aromatic heterocycles. The van der Waals surface area contributed by atoms with Crippen molar-refractivity contribution in [1.82, 2.24) is 0 Å². The first kappa shape index (κ1) is 20.5. The van der Waals surface area contributed by atoms with Crippen molar-refractivity contribution >= 4 is 11.0 Å². The predicted molar refractivity (Wildman–Crippen MR) is 121 cm³/mol. The number of methoxy groups -OCH3 is 2. The molecule has 0 N–H and O–H groups in total. The van der Waals surface area contributed by atoms with Gasteiger partial charge in [-0.15, -0.1) is 0 Å². The smallest absolute Gasteiger partial charge is 0.344 e. The zero-order chi connectivity index (χ0) is 22.0. The van der Waals surface area contributed by atoms with Crippen molar-refractivity contribution in [2.24, 2.45) is 0 Å². The van der Waals surface area contributed by atoms with Gasteiger partial charge in [0.1, 0.15) is 17.9 Å². The third-order valence-electron chi connectivity index (χ3n) is 5.47. The summed E-state index contributed by atoms with van der Waals surface area (Å²) in [6.45, 7) is 4.42. The van der Waals surface area contributed by atoms with Gasteiger partial charge in [-0.25, -0.2) is 4.79 Å². The average molecular weight is 416 g/mol. The second kappa shape index (κ2) is 8.56. The van der Waals surface area contributed by atoms with E-state index in [1.165, 1.54) is 5.56 Å². The second-order valence-corrected chi connectivity index (χ2v) is 7.33. The number of hydrogen-bond acceptors (Lipinski definition) is 5. The van der Waals surface area contributed by atoms with Crippen LogP contribution in [0.1, 0.15) is 16.7 Å². The molecule has 0 fully saturated rings. The molecule has 5 nitrogen and oxygen atoms in total. The highest BCUT2D eigenvalue weighted by Crippen LogP contribution is 2.34. The van der Waals surface area contributed by atoms with Gasteiger partial charge >= 0.3 is 5.63 Å². The third-order valence-corrected chi connectivity index (χ3v) is 5.47. The zero-order valence-electron chi connectivity index (χ0n) is 18.0. The highest BCUT2D eigenvalue weighted by atomic mass is 16.5. The Morgan fingerprint density at radius 1 is 0.871 bits per heavy atom. The zero-order valence-corrected chi connectivity index (χ0v) is 18.0. The Morgan fingerprint density at radius 2 is 1.65 bits per heavy atom. The molecular weight excluding hydrogens is 392 g/mol. The Kier molecular flexibility index (Phi) is 5.67. The molecule has 3 aromatic carbocycles. The van der Waals surface area contributed by atoms with Crippen LogP contribution in [0, 0.1) is 13.8 Å². The summed E-state index contributed by atoms with van der Waals surface area (Å²) in [7, 11) is 3.14. The van der Waals surface area contributed by atoms with E-state index in [1.807, 2.05) is 43.3 Å². The topological polar surface area (TPSA) is 57.9 Å². The Hall–Kier alpha value is -3.73. The molecule has 0 aliphatic carbocycles. The molecule has 158 valence electrons. The van der Waals surface area contributed by atoms with Crippen LogP contribution in [0.3, 0.4) is 0 Å². The fraction of sp³-hybridized carbons (Fsp3) is 0.192. The van der Waals surface area contributed by atoms with Gasteiger partial charge in [0, 0.05) is 11.5 Å². The molecule has 5 heteroatoms. The van der Waals surface area contributed by atoms with Gasteiger partial charge in [-0.3, -0.25) is 0 Å². The fourth-order valence-electron chi connectivity index (χ4n) is 3.68. The summed E-state index contributed by atoms with van der Waals surface area (Å²) >= 11 is 0. The number of aryl methyl sites for hydroxylation is 2. The summed E-state index contributed by atoms with van der Waals surface area (Å²) in [5, 5.41) is 0.854. The molecule has 0 atom stereocenters. The van der Waals surface area contributed by atoms with E-state index in [0.29, 0.717) is 40.6 Å². The number of ether oxygens (including phenoxy) is 3. The average Bonchev–Trinajstić information content (AvgIpc) is 2.78. The van der Waals surface area contributed by atoms with E-state index in [2.05, 4.69) is 13.0 Å². The van der Waals surface area contributed by atoms with Gasteiger partial charge in [0.15, 0.2) is 11.5 Å². The van der Waals surface area contributed by atoms with E-state index in [1.54, 1.807) is 32.4 Å². The maximum atomic E-state index is 12.9. The summed E-state index contributed by atoms with van der Waals surface area (Å²) in [6.07, 6.45) is 0. The van der Waals surface area contributed by atoms with Crippen molar-refractivity contribution in [3.05, 3.63) is 87.8 Å². The van der Waals surface area contributed by atoms with Crippen LogP contribution in [0.2, 0.25) is 0 Å². The molecule has 0 aliphatic rings. The Bertz CT molecular complexity index is 1300. The SMILES string of the molecule is COc1ccc(-c2c(C)c3ccc(OCc4ccccc4C)cc3oc2=O)cc1OC. The van der Waals surface area contributed by atoms with E-state index in [-0.39, 0.29) is 0 Å². The first-order valence-electron chi connectivity index (χ1n) is 9.99. The molecular formula is C26H24O5. The van der Waals surface area contributed by atoms with E-state index >= 15 is 0 Å². The lowest BCUT2D eigenvalue weighted by Gasteiger charge is -2.13. The molecule has 0 aliphatic heterocycles. The van der Waals surface area contributed by atoms with Crippen LogP contribution in [-0.2, 0) is 6.61 Å². The lowest BCUT2D eigenvalue weighted by molar-refractivity contribution is 0.305. The molecule has 0 bridgehead atoms. The van der Waals surface area contributed by atoms with Gasteiger partial charge in [0.25, 0.3) is 0 Å². The maximum absolute atomic E-state index is 12.9. The van der Waals surface area contributed by atoms with E-state index < -0.39 is 5.63 Å². The van der Waals surface area contributed by atoms with E-state index in [4.69, 9.17) is 18.6 Å². The molecule has 0 saturated heterocycles. The van der Waals surface area contributed by atoms with Crippen LogP contribution >= 0.6 is 0 Å². The fourth-order valence-corrected chi connectivity index (χ4v) is 3.68. The number of benzene rings is 3. The number of rotatable bonds is 6. The molecule has 4 aromatic rings. The Labute approximate surface area is 180 Å². The minimum absolute atomic E-state index is 0.409. The van der Waals surface area contributed by atoms with Crippen LogP contribution in [0.25, 0.3) is 22.1 Å². The van der Waals surface area contributed by atoms with Gasteiger partial charge in [-0.05, 0) is 60.4 Å². The van der Waals surface area contributed by atoms with Gasteiger partial charge in [-0.1, -0.05) is 30.3 Å². The van der Waals surface area contributed by atoms with Gasteiger partial charge < -0.3 is 18.6 Å². The van der Waals surface area contributed by atoms with Crippen LogP contribution < -0.4 is 19.8 Å². The van der Waals surface area contributed by atoms with E-state index in [0.717, 1.165) is 16.5 Å². The highest BCUT2D eigenvalue weighted by molar-refractivity contribution is 5.87. The van der Waals surface area contributed by atoms with Crippen molar-refractivity contribution in [3.63, 3.8) is 0 Å².